The molecule has 1 aliphatic heterocycles. The zero-order chi connectivity index (χ0) is 15.4. The average molecular weight is 290 g/mol. The summed E-state index contributed by atoms with van der Waals surface area (Å²) in [5, 5.41) is 12.0. The van der Waals surface area contributed by atoms with Gasteiger partial charge in [-0.25, -0.2) is 9.59 Å². The minimum atomic E-state index is -1.05. The number of benzene rings is 1. The topological polar surface area (TPSA) is 69.6 Å². The molecule has 1 aliphatic rings. The first kappa shape index (κ1) is 15.4. The van der Waals surface area contributed by atoms with E-state index in [0.717, 1.165) is 6.42 Å². The van der Waals surface area contributed by atoms with Crippen LogP contribution in [0.2, 0.25) is 0 Å². The molecule has 0 aliphatic carbocycles. The van der Waals surface area contributed by atoms with Gasteiger partial charge < -0.3 is 15.3 Å². The number of carboxylic acid groups (broad SMARTS) is 1. The molecule has 1 heterocycles. The predicted octanol–water partition coefficient (Wildman–Crippen LogP) is 2.50. The molecule has 3 unspecified atom stereocenters. The van der Waals surface area contributed by atoms with E-state index in [0.29, 0.717) is 30.5 Å². The molecule has 3 atom stereocenters. The fourth-order valence-corrected chi connectivity index (χ4v) is 2.60. The van der Waals surface area contributed by atoms with Crippen molar-refractivity contribution in [2.45, 2.75) is 26.3 Å². The highest BCUT2D eigenvalue weighted by atomic mass is 16.4. The van der Waals surface area contributed by atoms with Crippen molar-refractivity contribution in [3.05, 3.63) is 35.9 Å². The van der Waals surface area contributed by atoms with Crippen molar-refractivity contribution in [2.75, 3.05) is 13.1 Å². The summed E-state index contributed by atoms with van der Waals surface area (Å²) in [5.74, 6) is -0.0177. The van der Waals surface area contributed by atoms with Gasteiger partial charge in [-0.1, -0.05) is 44.2 Å². The molecule has 114 valence electrons. The number of piperidine rings is 1. The summed E-state index contributed by atoms with van der Waals surface area (Å²) >= 11 is 0. The molecule has 1 aromatic rings. The molecule has 0 aromatic heterocycles. The standard InChI is InChI=1S/C16H22N2O3/c1-11-8-9-18(10-12(11)2)16(21)17-14(15(19)20)13-6-4-3-5-7-13/h3-7,11-12,14H,8-10H2,1-2H3,(H,17,21)(H,19,20). The fraction of sp³-hybridized carbons (Fsp3) is 0.500. The molecule has 0 spiro atoms. The zero-order valence-corrected chi connectivity index (χ0v) is 12.5. The van der Waals surface area contributed by atoms with Gasteiger partial charge in [-0.3, -0.25) is 0 Å². The van der Waals surface area contributed by atoms with E-state index in [9.17, 15) is 14.7 Å². The van der Waals surface area contributed by atoms with Crippen molar-refractivity contribution in [2.24, 2.45) is 11.8 Å². The first-order valence-electron chi connectivity index (χ1n) is 7.32. The number of hydrogen-bond acceptors (Lipinski definition) is 2. The summed E-state index contributed by atoms with van der Waals surface area (Å²) in [6.45, 7) is 5.66. The lowest BCUT2D eigenvalue weighted by Gasteiger charge is -2.35. The maximum absolute atomic E-state index is 12.3. The van der Waals surface area contributed by atoms with E-state index in [2.05, 4.69) is 19.2 Å². The van der Waals surface area contributed by atoms with Crippen molar-refractivity contribution in [1.29, 1.82) is 0 Å². The van der Waals surface area contributed by atoms with Crippen LogP contribution in [0.1, 0.15) is 31.9 Å². The Morgan fingerprint density at radius 2 is 1.90 bits per heavy atom. The van der Waals surface area contributed by atoms with Crippen LogP contribution >= 0.6 is 0 Å². The molecule has 0 saturated carbocycles. The maximum atomic E-state index is 12.3. The summed E-state index contributed by atoms with van der Waals surface area (Å²) in [6, 6.07) is 7.46. The lowest BCUT2D eigenvalue weighted by molar-refractivity contribution is -0.139. The highest BCUT2D eigenvalue weighted by molar-refractivity contribution is 5.83. The summed E-state index contributed by atoms with van der Waals surface area (Å²) < 4.78 is 0. The molecule has 5 nitrogen and oxygen atoms in total. The Bertz CT molecular complexity index is 504. The second kappa shape index (κ2) is 6.61. The average Bonchev–Trinajstić information content (AvgIpc) is 2.48. The van der Waals surface area contributed by atoms with Gasteiger partial charge >= 0.3 is 12.0 Å². The molecule has 0 bridgehead atoms. The summed E-state index contributed by atoms with van der Waals surface area (Å²) in [6.07, 6.45) is 0.956. The molecule has 2 N–H and O–H groups in total. The lowest BCUT2D eigenvalue weighted by atomic mass is 9.89. The van der Waals surface area contributed by atoms with E-state index >= 15 is 0 Å². The molecule has 2 amide bonds. The van der Waals surface area contributed by atoms with Crippen LogP contribution in [0.15, 0.2) is 30.3 Å². The van der Waals surface area contributed by atoms with E-state index in [1.165, 1.54) is 0 Å². The van der Waals surface area contributed by atoms with Crippen LogP contribution in [0.5, 0.6) is 0 Å². The van der Waals surface area contributed by atoms with Crippen LogP contribution in [-0.4, -0.2) is 35.1 Å². The van der Waals surface area contributed by atoms with Crippen molar-refractivity contribution >= 4 is 12.0 Å². The van der Waals surface area contributed by atoms with E-state index in [4.69, 9.17) is 0 Å². The number of hydrogen-bond donors (Lipinski definition) is 2. The van der Waals surface area contributed by atoms with Gasteiger partial charge in [-0.05, 0) is 23.8 Å². The van der Waals surface area contributed by atoms with Gasteiger partial charge in [-0.15, -0.1) is 0 Å². The number of urea groups is 1. The van der Waals surface area contributed by atoms with Gasteiger partial charge in [0.2, 0.25) is 0 Å². The number of carbonyl (C=O) groups is 2. The molecule has 5 heteroatoms. The highest BCUT2D eigenvalue weighted by Gasteiger charge is 2.29. The Morgan fingerprint density at radius 3 is 2.48 bits per heavy atom. The Kier molecular flexibility index (Phi) is 4.83. The number of rotatable bonds is 3. The molecular formula is C16H22N2O3. The molecule has 1 saturated heterocycles. The first-order valence-corrected chi connectivity index (χ1v) is 7.32. The quantitative estimate of drug-likeness (QED) is 0.898. The monoisotopic (exact) mass is 290 g/mol. The number of carboxylic acids is 1. The molecule has 0 radical (unpaired) electrons. The summed E-state index contributed by atoms with van der Waals surface area (Å²) in [4.78, 5) is 25.4. The Hall–Kier alpha value is -2.04. The number of likely N-dealkylation sites (tertiary alicyclic amines) is 1. The molecule has 1 fully saturated rings. The van der Waals surface area contributed by atoms with Crippen LogP contribution in [-0.2, 0) is 4.79 Å². The number of aliphatic carboxylic acids is 1. The van der Waals surface area contributed by atoms with Gasteiger partial charge in [0.1, 0.15) is 0 Å². The van der Waals surface area contributed by atoms with Crippen LogP contribution in [0, 0.1) is 11.8 Å². The van der Waals surface area contributed by atoms with Crippen LogP contribution < -0.4 is 5.32 Å². The van der Waals surface area contributed by atoms with Crippen molar-refractivity contribution in [3.8, 4) is 0 Å². The maximum Gasteiger partial charge on any atom is 0.330 e. The molecule has 1 aromatic carbocycles. The second-order valence-corrected chi connectivity index (χ2v) is 5.82. The van der Waals surface area contributed by atoms with E-state index in [1.54, 1.807) is 29.2 Å². The Balaban J connectivity index is 2.04. The molecular weight excluding hydrogens is 268 g/mol. The molecule has 21 heavy (non-hydrogen) atoms. The number of nitrogens with zero attached hydrogens (tertiary/aromatic N) is 1. The summed E-state index contributed by atoms with van der Waals surface area (Å²) in [5.41, 5.74) is 0.580. The van der Waals surface area contributed by atoms with Crippen molar-refractivity contribution in [1.82, 2.24) is 10.2 Å². The fourth-order valence-electron chi connectivity index (χ4n) is 2.60. The van der Waals surface area contributed by atoms with Crippen molar-refractivity contribution in [3.63, 3.8) is 0 Å². The largest absolute Gasteiger partial charge is 0.479 e. The third-order valence-corrected chi connectivity index (χ3v) is 4.27. The Morgan fingerprint density at radius 1 is 1.24 bits per heavy atom. The van der Waals surface area contributed by atoms with Crippen LogP contribution in [0.25, 0.3) is 0 Å². The van der Waals surface area contributed by atoms with Gasteiger partial charge in [-0.2, -0.15) is 0 Å². The van der Waals surface area contributed by atoms with E-state index in [1.807, 2.05) is 6.07 Å². The van der Waals surface area contributed by atoms with Crippen LogP contribution in [0.4, 0.5) is 4.79 Å². The first-order chi connectivity index (χ1) is 9.99. The smallest absolute Gasteiger partial charge is 0.330 e. The summed E-state index contributed by atoms with van der Waals surface area (Å²) in [7, 11) is 0. The SMILES string of the molecule is CC1CCN(C(=O)NC(C(=O)O)c2ccccc2)CC1C. The third kappa shape index (κ3) is 3.74. The third-order valence-electron chi connectivity index (χ3n) is 4.27. The minimum Gasteiger partial charge on any atom is -0.479 e. The van der Waals surface area contributed by atoms with E-state index < -0.39 is 12.0 Å². The van der Waals surface area contributed by atoms with Crippen LogP contribution in [0.3, 0.4) is 0 Å². The normalized spacial score (nSPS) is 23.4. The Labute approximate surface area is 125 Å². The number of carbonyl (C=O) groups excluding carboxylic acids is 1. The minimum absolute atomic E-state index is 0.301. The van der Waals surface area contributed by atoms with Crippen molar-refractivity contribution < 1.29 is 14.7 Å². The zero-order valence-electron chi connectivity index (χ0n) is 12.5. The predicted molar refractivity (Wildman–Crippen MR) is 79.9 cm³/mol. The number of nitrogens with one attached hydrogen (secondary N) is 1. The van der Waals surface area contributed by atoms with Gasteiger partial charge in [0, 0.05) is 13.1 Å². The van der Waals surface area contributed by atoms with Gasteiger partial charge in [0.05, 0.1) is 0 Å². The van der Waals surface area contributed by atoms with Gasteiger partial charge in [0.15, 0.2) is 6.04 Å². The number of amides is 2. The van der Waals surface area contributed by atoms with Gasteiger partial charge in [0.25, 0.3) is 0 Å². The second-order valence-electron chi connectivity index (χ2n) is 5.82. The lowest BCUT2D eigenvalue weighted by Crippen LogP contribution is -2.49. The van der Waals surface area contributed by atoms with E-state index in [-0.39, 0.29) is 6.03 Å². The highest BCUT2D eigenvalue weighted by Crippen LogP contribution is 2.23. The molecule has 2 rings (SSSR count).